The van der Waals surface area contributed by atoms with Gasteiger partial charge in [-0.25, -0.2) is 13.4 Å². The Kier molecular flexibility index (Phi) is 4.32. The Balaban J connectivity index is 1.91. The predicted octanol–water partition coefficient (Wildman–Crippen LogP) is 1.91. The van der Waals surface area contributed by atoms with Gasteiger partial charge in [0.25, 0.3) is 5.56 Å². The first-order chi connectivity index (χ1) is 13.0. The summed E-state index contributed by atoms with van der Waals surface area (Å²) in [5, 5.41) is 10.4. The van der Waals surface area contributed by atoms with Gasteiger partial charge in [-0.3, -0.25) is 9.36 Å². The zero-order chi connectivity index (χ0) is 19.0. The largest absolute Gasteiger partial charge is 0.342 e. The summed E-state index contributed by atoms with van der Waals surface area (Å²) in [6.07, 6.45) is 4.50. The highest BCUT2D eigenvalue weighted by molar-refractivity contribution is 7.94. The van der Waals surface area contributed by atoms with Gasteiger partial charge in [-0.1, -0.05) is 18.2 Å². The second-order valence-electron chi connectivity index (χ2n) is 6.68. The molecule has 0 atom stereocenters. The Morgan fingerprint density at radius 2 is 1.89 bits per heavy atom. The third-order valence-corrected chi connectivity index (χ3v) is 6.38. The molecule has 0 aliphatic carbocycles. The van der Waals surface area contributed by atoms with Crippen molar-refractivity contribution in [2.24, 2.45) is 0 Å². The monoisotopic (exact) mass is 382 g/mol. The number of nitriles is 1. The number of rotatable bonds is 3. The maximum absolute atomic E-state index is 13.1. The van der Waals surface area contributed by atoms with Gasteiger partial charge in [0.15, 0.2) is 4.90 Å². The molecule has 1 aromatic carbocycles. The molecular weight excluding hydrogens is 364 g/mol. The standard InChI is InChI=1S/C19H18N4O3S/c20-12-14-6-2-3-7-15(14)13-23-18(24)17-16(8-11-27(17,25)26)21-19(23)22-9-4-1-5-10-22/h2-3,6-8,11H,1,4-5,9-10,13H2. The number of fused-ring (bicyclic) bond motifs is 1. The molecule has 4 rings (SSSR count). The van der Waals surface area contributed by atoms with E-state index in [0.29, 0.717) is 17.1 Å². The Hall–Kier alpha value is -2.92. The minimum atomic E-state index is -3.77. The van der Waals surface area contributed by atoms with E-state index < -0.39 is 15.4 Å². The minimum absolute atomic E-state index is 0.101. The lowest BCUT2D eigenvalue weighted by Crippen LogP contribution is -2.38. The molecule has 2 aliphatic rings. The van der Waals surface area contributed by atoms with Crippen LogP contribution in [0.2, 0.25) is 0 Å². The van der Waals surface area contributed by atoms with Gasteiger partial charge in [-0.2, -0.15) is 5.26 Å². The molecule has 0 amide bonds. The summed E-state index contributed by atoms with van der Waals surface area (Å²) in [5.41, 5.74) is 0.727. The minimum Gasteiger partial charge on any atom is -0.342 e. The van der Waals surface area contributed by atoms with Crippen LogP contribution in [-0.2, 0) is 16.4 Å². The molecule has 1 fully saturated rings. The van der Waals surface area contributed by atoms with Crippen molar-refractivity contribution in [3.8, 4) is 6.07 Å². The third-order valence-electron chi connectivity index (χ3n) is 4.93. The molecule has 0 spiro atoms. The first-order valence-electron chi connectivity index (χ1n) is 8.82. The summed E-state index contributed by atoms with van der Waals surface area (Å²) >= 11 is 0. The molecule has 0 bridgehead atoms. The number of aromatic nitrogens is 2. The molecule has 1 aromatic heterocycles. The Labute approximate surface area is 157 Å². The summed E-state index contributed by atoms with van der Waals surface area (Å²) in [6, 6.07) is 9.12. The van der Waals surface area contributed by atoms with E-state index in [1.165, 1.54) is 10.6 Å². The lowest BCUT2D eigenvalue weighted by Gasteiger charge is -2.30. The van der Waals surface area contributed by atoms with Gasteiger partial charge < -0.3 is 4.90 Å². The fourth-order valence-corrected chi connectivity index (χ4v) is 4.76. The molecule has 2 aliphatic heterocycles. The van der Waals surface area contributed by atoms with Crippen molar-refractivity contribution in [3.63, 3.8) is 0 Å². The topological polar surface area (TPSA) is 96.1 Å². The van der Waals surface area contributed by atoms with Gasteiger partial charge in [0.2, 0.25) is 15.8 Å². The average Bonchev–Trinajstić information content (AvgIpc) is 2.99. The summed E-state index contributed by atoms with van der Waals surface area (Å²) in [5.74, 6) is 0.466. The van der Waals surface area contributed by atoms with Gasteiger partial charge in [0, 0.05) is 18.5 Å². The lowest BCUT2D eigenvalue weighted by atomic mass is 10.1. The summed E-state index contributed by atoms with van der Waals surface area (Å²) in [4.78, 5) is 19.4. The first-order valence-corrected chi connectivity index (χ1v) is 10.4. The molecule has 0 radical (unpaired) electrons. The SMILES string of the molecule is N#Cc1ccccc1Cn1c(N2CCCCC2)nc2c(c1=O)S(=O)(=O)C=C2. The molecule has 0 N–H and O–H groups in total. The number of hydrogen-bond donors (Lipinski definition) is 0. The van der Waals surface area contributed by atoms with Crippen LogP contribution in [0.5, 0.6) is 0 Å². The van der Waals surface area contributed by atoms with Crippen molar-refractivity contribution in [2.45, 2.75) is 30.7 Å². The molecule has 1 saturated heterocycles. The highest BCUT2D eigenvalue weighted by atomic mass is 32.2. The molecule has 138 valence electrons. The van der Waals surface area contributed by atoms with E-state index in [4.69, 9.17) is 0 Å². The van der Waals surface area contributed by atoms with Crippen LogP contribution in [-0.4, -0.2) is 31.1 Å². The van der Waals surface area contributed by atoms with E-state index in [0.717, 1.165) is 37.8 Å². The van der Waals surface area contributed by atoms with Crippen LogP contribution < -0.4 is 10.5 Å². The van der Waals surface area contributed by atoms with Crippen molar-refractivity contribution in [2.75, 3.05) is 18.0 Å². The number of benzene rings is 1. The van der Waals surface area contributed by atoms with Gasteiger partial charge in [-0.15, -0.1) is 0 Å². The van der Waals surface area contributed by atoms with Crippen LogP contribution in [0.1, 0.15) is 36.1 Å². The highest BCUT2D eigenvalue weighted by Crippen LogP contribution is 2.26. The van der Waals surface area contributed by atoms with Crippen molar-refractivity contribution in [1.82, 2.24) is 9.55 Å². The number of hydrogen-bond acceptors (Lipinski definition) is 6. The fourth-order valence-electron chi connectivity index (χ4n) is 3.56. The fraction of sp³-hybridized carbons (Fsp3) is 0.316. The zero-order valence-electron chi connectivity index (χ0n) is 14.6. The second kappa shape index (κ2) is 6.67. The number of nitrogens with zero attached hydrogens (tertiary/aromatic N) is 4. The zero-order valence-corrected chi connectivity index (χ0v) is 15.4. The third kappa shape index (κ3) is 3.04. The predicted molar refractivity (Wildman–Crippen MR) is 101 cm³/mol. The Bertz CT molecular complexity index is 1140. The Morgan fingerprint density at radius 3 is 2.63 bits per heavy atom. The molecule has 0 unspecified atom stereocenters. The Morgan fingerprint density at radius 1 is 1.15 bits per heavy atom. The summed E-state index contributed by atoms with van der Waals surface area (Å²) < 4.78 is 26.0. The van der Waals surface area contributed by atoms with Crippen molar-refractivity contribution in [3.05, 3.63) is 56.8 Å². The molecule has 3 heterocycles. The van der Waals surface area contributed by atoms with Crippen molar-refractivity contribution in [1.29, 1.82) is 5.26 Å². The van der Waals surface area contributed by atoms with Crippen LogP contribution in [0.15, 0.2) is 39.4 Å². The molecule has 7 nitrogen and oxygen atoms in total. The van der Waals surface area contributed by atoms with Crippen molar-refractivity contribution < 1.29 is 8.42 Å². The number of sulfone groups is 1. The first kappa shape index (κ1) is 17.5. The van der Waals surface area contributed by atoms with E-state index in [2.05, 4.69) is 11.1 Å². The maximum Gasteiger partial charge on any atom is 0.275 e. The lowest BCUT2D eigenvalue weighted by molar-refractivity contribution is 0.546. The summed E-state index contributed by atoms with van der Waals surface area (Å²) in [6.45, 7) is 1.63. The van der Waals surface area contributed by atoms with Crippen LogP contribution in [0.25, 0.3) is 6.08 Å². The van der Waals surface area contributed by atoms with Crippen LogP contribution in [0, 0.1) is 11.3 Å². The number of piperidine rings is 1. The average molecular weight is 382 g/mol. The van der Waals surface area contributed by atoms with Crippen LogP contribution >= 0.6 is 0 Å². The van der Waals surface area contributed by atoms with Crippen LogP contribution in [0.3, 0.4) is 0 Å². The van der Waals surface area contributed by atoms with Crippen LogP contribution in [0.4, 0.5) is 5.95 Å². The van der Waals surface area contributed by atoms with E-state index in [-0.39, 0.29) is 17.1 Å². The quantitative estimate of drug-likeness (QED) is 0.805. The van der Waals surface area contributed by atoms with E-state index >= 15 is 0 Å². The van der Waals surface area contributed by atoms with Crippen molar-refractivity contribution >= 4 is 21.9 Å². The van der Waals surface area contributed by atoms with E-state index in [9.17, 15) is 18.5 Å². The molecular formula is C19H18N4O3S. The van der Waals surface area contributed by atoms with E-state index in [1.807, 2.05) is 4.90 Å². The second-order valence-corrected chi connectivity index (χ2v) is 8.45. The molecule has 2 aromatic rings. The van der Waals surface area contributed by atoms with E-state index in [1.54, 1.807) is 24.3 Å². The smallest absolute Gasteiger partial charge is 0.275 e. The molecule has 27 heavy (non-hydrogen) atoms. The molecule has 0 saturated carbocycles. The van der Waals surface area contributed by atoms with Gasteiger partial charge in [0.05, 0.1) is 23.9 Å². The normalized spacial score (nSPS) is 17.5. The maximum atomic E-state index is 13.1. The van der Waals surface area contributed by atoms with Gasteiger partial charge >= 0.3 is 0 Å². The summed E-state index contributed by atoms with van der Waals surface area (Å²) in [7, 11) is -3.77. The number of anilines is 1. The van der Waals surface area contributed by atoms with Gasteiger partial charge in [0.1, 0.15) is 0 Å². The molecule has 8 heteroatoms. The van der Waals surface area contributed by atoms with Gasteiger partial charge in [-0.05, 0) is 37.0 Å². The highest BCUT2D eigenvalue weighted by Gasteiger charge is 2.30.